The number of ketones is 1. The van der Waals surface area contributed by atoms with E-state index in [1.807, 2.05) is 24.3 Å². The second-order valence-corrected chi connectivity index (χ2v) is 5.47. The monoisotopic (exact) mass is 276 g/mol. The van der Waals surface area contributed by atoms with E-state index in [0.717, 1.165) is 0 Å². The Morgan fingerprint density at radius 1 is 1.15 bits per heavy atom. The van der Waals surface area contributed by atoms with Crippen LogP contribution >= 0.6 is 0 Å². The molecule has 0 spiro atoms. The number of carbonyl (C=O) groups is 1. The fraction of sp³-hybridized carbons (Fsp3) is 0.588. The minimum atomic E-state index is 0.213. The number of para-hydroxylation sites is 1. The normalized spacial score (nSPS) is 16.1. The number of hydrogen-bond acceptors (Lipinski definition) is 3. The first kappa shape index (κ1) is 15.0. The second-order valence-electron chi connectivity index (χ2n) is 5.47. The van der Waals surface area contributed by atoms with Crippen LogP contribution in [0.1, 0.15) is 48.9 Å². The molecule has 1 aromatic rings. The summed E-state index contributed by atoms with van der Waals surface area (Å²) in [4.78, 5) is 12.5. The first-order valence-electron chi connectivity index (χ1n) is 7.55. The zero-order chi connectivity index (χ0) is 14.2. The molecule has 1 aliphatic carbocycles. The first-order valence-corrected chi connectivity index (χ1v) is 7.55. The van der Waals surface area contributed by atoms with Crippen molar-refractivity contribution in [3.63, 3.8) is 0 Å². The topological polar surface area (TPSA) is 35.5 Å². The van der Waals surface area contributed by atoms with Gasteiger partial charge in [-0.2, -0.15) is 0 Å². The first-order chi connectivity index (χ1) is 9.81. The number of ether oxygens (including phenoxy) is 2. The van der Waals surface area contributed by atoms with E-state index < -0.39 is 0 Å². The van der Waals surface area contributed by atoms with E-state index in [1.165, 1.54) is 32.1 Å². The van der Waals surface area contributed by atoms with E-state index in [0.29, 0.717) is 36.9 Å². The van der Waals surface area contributed by atoms with E-state index in [1.54, 1.807) is 7.11 Å². The molecule has 0 heterocycles. The summed E-state index contributed by atoms with van der Waals surface area (Å²) in [6, 6.07) is 7.54. The van der Waals surface area contributed by atoms with E-state index in [4.69, 9.17) is 9.47 Å². The zero-order valence-corrected chi connectivity index (χ0v) is 12.3. The molecule has 0 radical (unpaired) electrons. The SMILES string of the molecule is COCCOc1ccccc1C(=O)CC1CCCCC1. The Hall–Kier alpha value is -1.35. The van der Waals surface area contributed by atoms with Crippen molar-refractivity contribution in [2.24, 2.45) is 5.92 Å². The van der Waals surface area contributed by atoms with Gasteiger partial charge in [0.25, 0.3) is 0 Å². The molecule has 1 aliphatic rings. The van der Waals surface area contributed by atoms with Gasteiger partial charge in [-0.05, 0) is 18.1 Å². The number of carbonyl (C=O) groups excluding carboxylic acids is 1. The van der Waals surface area contributed by atoms with Crippen molar-refractivity contribution in [1.29, 1.82) is 0 Å². The van der Waals surface area contributed by atoms with Gasteiger partial charge in [-0.25, -0.2) is 0 Å². The molecular weight excluding hydrogens is 252 g/mol. The van der Waals surface area contributed by atoms with Gasteiger partial charge in [-0.1, -0.05) is 44.2 Å². The lowest BCUT2D eigenvalue weighted by molar-refractivity contribution is 0.0942. The van der Waals surface area contributed by atoms with E-state index in [2.05, 4.69) is 0 Å². The number of rotatable bonds is 7. The van der Waals surface area contributed by atoms with Crippen molar-refractivity contribution in [1.82, 2.24) is 0 Å². The molecule has 3 nitrogen and oxygen atoms in total. The summed E-state index contributed by atoms with van der Waals surface area (Å²) in [5.74, 6) is 1.46. The molecular formula is C17H24O3. The summed E-state index contributed by atoms with van der Waals surface area (Å²) >= 11 is 0. The lowest BCUT2D eigenvalue weighted by atomic mass is 9.84. The highest BCUT2D eigenvalue weighted by molar-refractivity contribution is 5.98. The minimum Gasteiger partial charge on any atom is -0.490 e. The maximum absolute atomic E-state index is 12.5. The van der Waals surface area contributed by atoms with E-state index >= 15 is 0 Å². The lowest BCUT2D eigenvalue weighted by Gasteiger charge is -2.21. The van der Waals surface area contributed by atoms with Gasteiger partial charge in [0, 0.05) is 13.5 Å². The minimum absolute atomic E-state index is 0.213. The van der Waals surface area contributed by atoms with Crippen molar-refractivity contribution < 1.29 is 14.3 Å². The highest BCUT2D eigenvalue weighted by Gasteiger charge is 2.20. The maximum Gasteiger partial charge on any atom is 0.166 e. The second kappa shape index (κ2) is 8.05. The maximum atomic E-state index is 12.5. The highest BCUT2D eigenvalue weighted by atomic mass is 16.5. The molecule has 1 aromatic carbocycles. The van der Waals surface area contributed by atoms with Gasteiger partial charge in [0.2, 0.25) is 0 Å². The van der Waals surface area contributed by atoms with Crippen LogP contribution in [0.4, 0.5) is 0 Å². The number of methoxy groups -OCH3 is 1. The van der Waals surface area contributed by atoms with Gasteiger partial charge < -0.3 is 9.47 Å². The molecule has 0 amide bonds. The quantitative estimate of drug-likeness (QED) is 0.560. The molecule has 0 aromatic heterocycles. The Balaban J connectivity index is 1.97. The molecule has 0 bridgehead atoms. The van der Waals surface area contributed by atoms with Gasteiger partial charge in [0.05, 0.1) is 12.2 Å². The van der Waals surface area contributed by atoms with Crippen LogP contribution in [0, 0.1) is 5.92 Å². The average molecular weight is 276 g/mol. The molecule has 1 fully saturated rings. The number of benzene rings is 1. The van der Waals surface area contributed by atoms with Gasteiger partial charge in [0.15, 0.2) is 5.78 Å². The van der Waals surface area contributed by atoms with Crippen LogP contribution in [0.2, 0.25) is 0 Å². The van der Waals surface area contributed by atoms with Crippen molar-refractivity contribution >= 4 is 5.78 Å². The predicted octanol–water partition coefficient (Wildman–Crippen LogP) is 3.86. The van der Waals surface area contributed by atoms with Gasteiger partial charge in [0.1, 0.15) is 12.4 Å². The Morgan fingerprint density at radius 3 is 2.65 bits per heavy atom. The van der Waals surface area contributed by atoms with Gasteiger partial charge in [-0.3, -0.25) is 4.79 Å². The molecule has 3 heteroatoms. The van der Waals surface area contributed by atoms with Gasteiger partial charge >= 0.3 is 0 Å². The molecule has 0 N–H and O–H groups in total. The fourth-order valence-electron chi connectivity index (χ4n) is 2.82. The smallest absolute Gasteiger partial charge is 0.166 e. The molecule has 110 valence electrons. The van der Waals surface area contributed by atoms with Crippen LogP contribution in [0.5, 0.6) is 5.75 Å². The zero-order valence-electron chi connectivity index (χ0n) is 12.3. The van der Waals surface area contributed by atoms with E-state index in [9.17, 15) is 4.79 Å². The largest absolute Gasteiger partial charge is 0.490 e. The summed E-state index contributed by atoms with van der Waals surface area (Å²) < 4.78 is 10.6. The Morgan fingerprint density at radius 2 is 1.90 bits per heavy atom. The van der Waals surface area contributed by atoms with Crippen LogP contribution in [-0.4, -0.2) is 26.1 Å². The average Bonchev–Trinajstić information content (AvgIpc) is 2.49. The molecule has 0 aliphatic heterocycles. The molecule has 20 heavy (non-hydrogen) atoms. The summed E-state index contributed by atoms with van der Waals surface area (Å²) in [5, 5.41) is 0. The van der Waals surface area contributed by atoms with Crippen molar-refractivity contribution in [2.75, 3.05) is 20.3 Å². The molecule has 0 unspecified atom stereocenters. The Bertz CT molecular complexity index is 422. The van der Waals surface area contributed by atoms with Crippen LogP contribution in [0.3, 0.4) is 0 Å². The number of Topliss-reactive ketones (excluding diaryl/α,β-unsaturated/α-hetero) is 1. The molecule has 0 saturated heterocycles. The van der Waals surface area contributed by atoms with E-state index in [-0.39, 0.29) is 5.78 Å². The van der Waals surface area contributed by atoms with Gasteiger partial charge in [-0.15, -0.1) is 0 Å². The molecule has 1 saturated carbocycles. The Kier molecular flexibility index (Phi) is 6.06. The summed E-state index contributed by atoms with van der Waals surface area (Å²) in [6.45, 7) is 1.01. The third-order valence-electron chi connectivity index (χ3n) is 3.93. The van der Waals surface area contributed by atoms with Crippen LogP contribution in [0.15, 0.2) is 24.3 Å². The van der Waals surface area contributed by atoms with Crippen molar-refractivity contribution in [2.45, 2.75) is 38.5 Å². The third-order valence-corrected chi connectivity index (χ3v) is 3.93. The number of hydrogen-bond donors (Lipinski definition) is 0. The van der Waals surface area contributed by atoms with Crippen LogP contribution < -0.4 is 4.74 Å². The Labute approximate surface area is 121 Å². The standard InChI is InChI=1S/C17H24O3/c1-19-11-12-20-17-10-6-5-9-15(17)16(18)13-14-7-3-2-4-8-14/h5-6,9-10,14H,2-4,7-8,11-13H2,1H3. The predicted molar refractivity (Wildman–Crippen MR) is 79.3 cm³/mol. The third kappa shape index (κ3) is 4.34. The van der Waals surface area contributed by atoms with Crippen molar-refractivity contribution in [3.8, 4) is 5.75 Å². The van der Waals surface area contributed by atoms with Crippen LogP contribution in [-0.2, 0) is 4.74 Å². The molecule has 2 rings (SSSR count). The lowest BCUT2D eigenvalue weighted by Crippen LogP contribution is -2.14. The van der Waals surface area contributed by atoms with Crippen LogP contribution in [0.25, 0.3) is 0 Å². The van der Waals surface area contributed by atoms with Crippen molar-refractivity contribution in [3.05, 3.63) is 29.8 Å². The summed E-state index contributed by atoms with van der Waals surface area (Å²) in [6.07, 6.45) is 6.90. The summed E-state index contributed by atoms with van der Waals surface area (Å²) in [7, 11) is 1.64. The highest BCUT2D eigenvalue weighted by Crippen LogP contribution is 2.29. The molecule has 0 atom stereocenters. The summed E-state index contributed by atoms with van der Waals surface area (Å²) in [5.41, 5.74) is 0.717. The fourth-order valence-corrected chi connectivity index (χ4v) is 2.82.